The van der Waals surface area contributed by atoms with Crippen LogP contribution in [0.25, 0.3) is 5.65 Å². The molecule has 0 radical (unpaired) electrons. The standard InChI is InChI=1S/C17H25N5O2/c1-10(2)8-17(24)20-19-16(23)7-6-14-12(4)18-15-9-11(3)21-22(15)13(14)5/h9-10H,6-8H2,1-5H3,(H,19,23)(H,20,24). The SMILES string of the molecule is Cc1cc2nc(C)c(CCC(=O)NNC(=O)CC(C)C)c(C)n2n1. The number of nitrogens with one attached hydrogen (secondary N) is 2. The maximum atomic E-state index is 11.9. The fourth-order valence-electron chi connectivity index (χ4n) is 2.67. The van der Waals surface area contributed by atoms with Gasteiger partial charge in [-0.25, -0.2) is 9.50 Å². The van der Waals surface area contributed by atoms with Gasteiger partial charge in [0.25, 0.3) is 0 Å². The molecule has 7 nitrogen and oxygen atoms in total. The van der Waals surface area contributed by atoms with E-state index in [1.54, 1.807) is 4.52 Å². The molecular weight excluding hydrogens is 306 g/mol. The Labute approximate surface area is 141 Å². The van der Waals surface area contributed by atoms with Crippen LogP contribution < -0.4 is 10.9 Å². The summed E-state index contributed by atoms with van der Waals surface area (Å²) < 4.78 is 1.81. The number of carbonyl (C=O) groups excluding carboxylic acids is 2. The van der Waals surface area contributed by atoms with Crippen LogP contribution in [0.5, 0.6) is 0 Å². The second-order valence-electron chi connectivity index (χ2n) is 6.51. The van der Waals surface area contributed by atoms with Crippen LogP contribution >= 0.6 is 0 Å². The number of nitrogens with zero attached hydrogens (tertiary/aromatic N) is 3. The van der Waals surface area contributed by atoms with Crippen molar-refractivity contribution in [1.82, 2.24) is 25.4 Å². The van der Waals surface area contributed by atoms with E-state index in [0.29, 0.717) is 12.8 Å². The first-order valence-electron chi connectivity index (χ1n) is 8.18. The van der Waals surface area contributed by atoms with Crippen LogP contribution in [0.3, 0.4) is 0 Å². The minimum absolute atomic E-state index is 0.180. The Morgan fingerprint density at radius 1 is 1.17 bits per heavy atom. The molecule has 24 heavy (non-hydrogen) atoms. The fraction of sp³-hybridized carbons (Fsp3) is 0.529. The first-order valence-corrected chi connectivity index (χ1v) is 8.18. The predicted octanol–water partition coefficient (Wildman–Crippen LogP) is 1.78. The molecule has 0 saturated heterocycles. The van der Waals surface area contributed by atoms with E-state index in [4.69, 9.17) is 0 Å². The monoisotopic (exact) mass is 331 g/mol. The summed E-state index contributed by atoms with van der Waals surface area (Å²) in [5, 5.41) is 4.43. The molecule has 2 heterocycles. The van der Waals surface area contributed by atoms with Gasteiger partial charge in [0.15, 0.2) is 5.65 Å². The number of carbonyl (C=O) groups is 2. The van der Waals surface area contributed by atoms with E-state index < -0.39 is 0 Å². The van der Waals surface area contributed by atoms with Crippen molar-refractivity contribution in [2.75, 3.05) is 0 Å². The quantitative estimate of drug-likeness (QED) is 0.818. The third-order valence-electron chi connectivity index (χ3n) is 3.82. The highest BCUT2D eigenvalue weighted by Gasteiger charge is 2.13. The van der Waals surface area contributed by atoms with Crippen LogP contribution in [0.4, 0.5) is 0 Å². The van der Waals surface area contributed by atoms with Gasteiger partial charge < -0.3 is 0 Å². The van der Waals surface area contributed by atoms with Crippen LogP contribution in [0, 0.1) is 26.7 Å². The van der Waals surface area contributed by atoms with Gasteiger partial charge in [0.1, 0.15) is 0 Å². The minimum atomic E-state index is -0.220. The Balaban J connectivity index is 1.98. The zero-order valence-electron chi connectivity index (χ0n) is 14.9. The second-order valence-corrected chi connectivity index (χ2v) is 6.51. The molecule has 2 aromatic rings. The lowest BCUT2D eigenvalue weighted by molar-refractivity contribution is -0.129. The highest BCUT2D eigenvalue weighted by Crippen LogP contribution is 2.16. The zero-order chi connectivity index (χ0) is 17.9. The largest absolute Gasteiger partial charge is 0.273 e. The molecule has 0 aliphatic carbocycles. The summed E-state index contributed by atoms with van der Waals surface area (Å²) in [5.74, 6) is -0.147. The first-order chi connectivity index (χ1) is 11.3. The van der Waals surface area contributed by atoms with E-state index in [0.717, 1.165) is 28.3 Å². The van der Waals surface area contributed by atoms with Crippen molar-refractivity contribution >= 4 is 17.5 Å². The van der Waals surface area contributed by atoms with E-state index in [-0.39, 0.29) is 24.2 Å². The molecule has 0 atom stereocenters. The minimum Gasteiger partial charge on any atom is -0.273 e. The molecule has 0 spiro atoms. The molecule has 2 N–H and O–H groups in total. The Kier molecular flexibility index (Phi) is 5.54. The van der Waals surface area contributed by atoms with Crippen molar-refractivity contribution in [1.29, 1.82) is 0 Å². The van der Waals surface area contributed by atoms with E-state index >= 15 is 0 Å². The van der Waals surface area contributed by atoms with Crippen molar-refractivity contribution in [3.05, 3.63) is 28.7 Å². The zero-order valence-corrected chi connectivity index (χ0v) is 14.9. The van der Waals surface area contributed by atoms with Crippen molar-refractivity contribution in [3.63, 3.8) is 0 Å². The summed E-state index contributed by atoms with van der Waals surface area (Å²) in [4.78, 5) is 28.0. The van der Waals surface area contributed by atoms with Gasteiger partial charge in [0.05, 0.1) is 5.69 Å². The van der Waals surface area contributed by atoms with Gasteiger partial charge in [-0.2, -0.15) is 5.10 Å². The van der Waals surface area contributed by atoms with Crippen LogP contribution in [-0.4, -0.2) is 26.4 Å². The maximum absolute atomic E-state index is 11.9. The average Bonchev–Trinajstić information content (AvgIpc) is 2.84. The summed E-state index contributed by atoms with van der Waals surface area (Å²) in [5.41, 5.74) is 9.52. The fourth-order valence-corrected chi connectivity index (χ4v) is 2.67. The topological polar surface area (TPSA) is 88.4 Å². The lowest BCUT2D eigenvalue weighted by atomic mass is 10.1. The Bertz CT molecular complexity index is 764. The van der Waals surface area contributed by atoms with Crippen LogP contribution in [0.15, 0.2) is 6.07 Å². The van der Waals surface area contributed by atoms with E-state index in [9.17, 15) is 9.59 Å². The highest BCUT2D eigenvalue weighted by molar-refractivity contribution is 5.82. The molecule has 0 bridgehead atoms. The molecule has 0 fully saturated rings. The molecule has 0 aliphatic heterocycles. The molecule has 0 saturated carbocycles. The van der Waals surface area contributed by atoms with Crippen molar-refractivity contribution in [3.8, 4) is 0 Å². The molecular formula is C17H25N5O2. The number of aromatic nitrogens is 3. The van der Waals surface area contributed by atoms with Crippen molar-refractivity contribution in [2.24, 2.45) is 5.92 Å². The van der Waals surface area contributed by atoms with E-state index in [1.165, 1.54) is 0 Å². The smallest absolute Gasteiger partial charge is 0.238 e. The van der Waals surface area contributed by atoms with Gasteiger partial charge in [0, 0.05) is 30.3 Å². The summed E-state index contributed by atoms with van der Waals surface area (Å²) in [7, 11) is 0. The molecule has 0 aliphatic rings. The Hall–Kier alpha value is -2.44. The predicted molar refractivity (Wildman–Crippen MR) is 91.3 cm³/mol. The summed E-state index contributed by atoms with van der Waals surface area (Å²) >= 11 is 0. The summed E-state index contributed by atoms with van der Waals surface area (Å²) in [6.45, 7) is 9.75. The summed E-state index contributed by atoms with van der Waals surface area (Å²) in [6.07, 6.45) is 1.21. The summed E-state index contributed by atoms with van der Waals surface area (Å²) in [6, 6.07) is 1.93. The second kappa shape index (κ2) is 7.42. The molecule has 2 aromatic heterocycles. The number of amides is 2. The molecule has 130 valence electrons. The first kappa shape index (κ1) is 17.9. The lowest BCUT2D eigenvalue weighted by Crippen LogP contribution is -2.42. The Morgan fingerprint density at radius 2 is 1.83 bits per heavy atom. The van der Waals surface area contributed by atoms with Crippen molar-refractivity contribution < 1.29 is 9.59 Å². The molecule has 7 heteroatoms. The van der Waals surface area contributed by atoms with Gasteiger partial charge in [-0.1, -0.05) is 13.8 Å². The number of rotatable bonds is 5. The van der Waals surface area contributed by atoms with E-state index in [2.05, 4.69) is 20.9 Å². The number of hydrogen-bond acceptors (Lipinski definition) is 4. The number of hydrogen-bond donors (Lipinski definition) is 2. The third-order valence-corrected chi connectivity index (χ3v) is 3.82. The third kappa shape index (κ3) is 4.31. The maximum Gasteiger partial charge on any atom is 0.238 e. The number of aryl methyl sites for hydroxylation is 3. The van der Waals surface area contributed by atoms with Gasteiger partial charge >= 0.3 is 0 Å². The van der Waals surface area contributed by atoms with Crippen LogP contribution in [0.2, 0.25) is 0 Å². The number of hydrazine groups is 1. The average molecular weight is 331 g/mol. The lowest BCUT2D eigenvalue weighted by Gasteiger charge is -2.12. The van der Waals surface area contributed by atoms with Gasteiger partial charge in [-0.3, -0.25) is 20.4 Å². The van der Waals surface area contributed by atoms with Gasteiger partial charge in [0.2, 0.25) is 11.8 Å². The molecule has 2 amide bonds. The molecule has 0 aromatic carbocycles. The highest BCUT2D eigenvalue weighted by atomic mass is 16.2. The van der Waals surface area contributed by atoms with E-state index in [1.807, 2.05) is 40.7 Å². The van der Waals surface area contributed by atoms with Crippen LogP contribution in [-0.2, 0) is 16.0 Å². The van der Waals surface area contributed by atoms with Crippen molar-refractivity contribution in [2.45, 2.75) is 53.9 Å². The Morgan fingerprint density at radius 3 is 2.50 bits per heavy atom. The molecule has 2 rings (SSSR count). The number of fused-ring (bicyclic) bond motifs is 1. The van der Waals surface area contributed by atoms with Gasteiger partial charge in [-0.15, -0.1) is 0 Å². The molecule has 0 unspecified atom stereocenters. The van der Waals surface area contributed by atoms with Crippen LogP contribution in [0.1, 0.15) is 49.3 Å². The normalized spacial score (nSPS) is 11.1. The van der Waals surface area contributed by atoms with Gasteiger partial charge in [-0.05, 0) is 38.7 Å².